The van der Waals surface area contributed by atoms with Gasteiger partial charge in [0.15, 0.2) is 11.5 Å². The maximum Gasteiger partial charge on any atom is 0.231 e. The van der Waals surface area contributed by atoms with E-state index in [4.69, 9.17) is 9.47 Å². The summed E-state index contributed by atoms with van der Waals surface area (Å²) in [6, 6.07) is 7.33. The Bertz CT molecular complexity index is 826. The predicted octanol–water partition coefficient (Wildman–Crippen LogP) is -0.373. The summed E-state index contributed by atoms with van der Waals surface area (Å²) in [5.74, 6) is 2.62. The molecule has 1 aliphatic carbocycles. The van der Waals surface area contributed by atoms with Crippen LogP contribution in [0.25, 0.3) is 0 Å². The maximum atomic E-state index is 5.51. The summed E-state index contributed by atoms with van der Waals surface area (Å²) in [4.78, 5) is 3.47. The molecule has 8 nitrogen and oxygen atoms in total. The second-order valence-corrected chi connectivity index (χ2v) is 8.64. The lowest BCUT2D eigenvalue weighted by Gasteiger charge is -2.36. The minimum Gasteiger partial charge on any atom is -0.454 e. The Labute approximate surface area is 171 Å². The van der Waals surface area contributed by atoms with Gasteiger partial charge in [-0.3, -0.25) is 0 Å². The number of tetrazole rings is 1. The van der Waals surface area contributed by atoms with Gasteiger partial charge in [-0.25, -0.2) is 4.68 Å². The molecule has 0 spiro atoms. The first-order chi connectivity index (χ1) is 14.3. The summed E-state index contributed by atoms with van der Waals surface area (Å²) in [6.45, 7) is 8.18. The molecule has 2 N–H and O–H groups in total. The van der Waals surface area contributed by atoms with Crippen LogP contribution in [0.2, 0.25) is 0 Å². The predicted molar refractivity (Wildman–Crippen MR) is 106 cm³/mol. The number of piperazine rings is 1. The van der Waals surface area contributed by atoms with Crippen molar-refractivity contribution in [1.82, 2.24) is 20.2 Å². The highest BCUT2D eigenvalue weighted by atomic mass is 16.7. The van der Waals surface area contributed by atoms with Crippen LogP contribution in [0.4, 0.5) is 0 Å². The summed E-state index contributed by atoms with van der Waals surface area (Å²) < 4.78 is 12.9. The number of hydrogen-bond acceptors (Lipinski definition) is 5. The van der Waals surface area contributed by atoms with Gasteiger partial charge >= 0.3 is 0 Å². The second kappa shape index (κ2) is 8.28. The molecule has 1 aromatic heterocycles. The van der Waals surface area contributed by atoms with Crippen LogP contribution >= 0.6 is 0 Å². The van der Waals surface area contributed by atoms with Gasteiger partial charge in [0, 0.05) is 6.42 Å². The van der Waals surface area contributed by atoms with Gasteiger partial charge in [-0.1, -0.05) is 13.0 Å². The van der Waals surface area contributed by atoms with Crippen LogP contribution in [0, 0.1) is 0 Å². The highest BCUT2D eigenvalue weighted by Gasteiger charge is 2.36. The number of fused-ring (bicyclic) bond motifs is 1. The van der Waals surface area contributed by atoms with Crippen molar-refractivity contribution in [3.8, 4) is 11.5 Å². The lowest BCUT2D eigenvalue weighted by Crippen LogP contribution is -3.29. The highest BCUT2D eigenvalue weighted by molar-refractivity contribution is 5.44. The minimum atomic E-state index is 0.297. The molecule has 29 heavy (non-hydrogen) atoms. The van der Waals surface area contributed by atoms with Crippen LogP contribution in [0.3, 0.4) is 0 Å². The van der Waals surface area contributed by atoms with Crippen molar-refractivity contribution in [2.45, 2.75) is 57.7 Å². The molecule has 0 unspecified atom stereocenters. The number of aromatic nitrogens is 4. The number of benzene rings is 1. The van der Waals surface area contributed by atoms with Gasteiger partial charge in [0.25, 0.3) is 0 Å². The minimum absolute atomic E-state index is 0.297. The SMILES string of the molecule is CC[C@@H](c1nnnn1Cc1ccc2c(c1)OCO2)[NH+]1CC[NH+](C2CCCC2)CC1. The average molecular weight is 401 g/mol. The molecule has 3 heterocycles. The van der Waals surface area contributed by atoms with Gasteiger partial charge in [0.05, 0.1) is 12.6 Å². The third-order valence-electron chi connectivity index (χ3n) is 7.01. The molecule has 8 heteroatoms. The third kappa shape index (κ3) is 3.83. The Morgan fingerprint density at radius 3 is 2.69 bits per heavy atom. The number of ether oxygens (including phenoxy) is 2. The number of rotatable bonds is 6. The second-order valence-electron chi connectivity index (χ2n) is 8.64. The monoisotopic (exact) mass is 400 g/mol. The number of nitrogens with zero attached hydrogens (tertiary/aromatic N) is 4. The van der Waals surface area contributed by atoms with Crippen molar-refractivity contribution in [3.05, 3.63) is 29.6 Å². The Hall–Kier alpha value is -2.19. The van der Waals surface area contributed by atoms with Gasteiger partial charge in [0.2, 0.25) is 12.6 Å². The molecule has 1 saturated carbocycles. The average Bonchev–Trinajstić information content (AvgIpc) is 3.51. The van der Waals surface area contributed by atoms with Crippen LogP contribution in [0.15, 0.2) is 18.2 Å². The summed E-state index contributed by atoms with van der Waals surface area (Å²) in [7, 11) is 0. The van der Waals surface area contributed by atoms with E-state index in [1.807, 2.05) is 21.7 Å². The fourth-order valence-electron chi connectivity index (χ4n) is 5.42. The molecule has 5 rings (SSSR count). The Kier molecular flexibility index (Phi) is 5.37. The van der Waals surface area contributed by atoms with Crippen LogP contribution in [-0.4, -0.2) is 59.2 Å². The molecular weight excluding hydrogens is 368 g/mol. The zero-order valence-electron chi connectivity index (χ0n) is 17.3. The van der Waals surface area contributed by atoms with E-state index >= 15 is 0 Å². The topological polar surface area (TPSA) is 70.9 Å². The van der Waals surface area contributed by atoms with E-state index in [0.29, 0.717) is 19.4 Å². The van der Waals surface area contributed by atoms with Gasteiger partial charge in [-0.2, -0.15) is 0 Å². The first kappa shape index (κ1) is 18.8. The highest BCUT2D eigenvalue weighted by Crippen LogP contribution is 2.32. The van der Waals surface area contributed by atoms with Crippen molar-refractivity contribution in [3.63, 3.8) is 0 Å². The maximum absolute atomic E-state index is 5.51. The molecule has 156 valence electrons. The van der Waals surface area contributed by atoms with Gasteiger partial charge in [-0.15, -0.1) is 5.10 Å². The molecular formula is C21H32N6O2+2. The molecule has 0 radical (unpaired) electrons. The smallest absolute Gasteiger partial charge is 0.231 e. The molecule has 2 fully saturated rings. The van der Waals surface area contributed by atoms with E-state index in [9.17, 15) is 0 Å². The fraction of sp³-hybridized carbons (Fsp3) is 0.667. The lowest BCUT2D eigenvalue weighted by atomic mass is 10.1. The molecule has 2 aromatic rings. The van der Waals surface area contributed by atoms with E-state index in [1.54, 1.807) is 4.90 Å². The summed E-state index contributed by atoms with van der Waals surface area (Å²) >= 11 is 0. The molecule has 0 bridgehead atoms. The van der Waals surface area contributed by atoms with Gasteiger partial charge < -0.3 is 19.3 Å². The van der Waals surface area contributed by atoms with Crippen LogP contribution in [-0.2, 0) is 6.54 Å². The van der Waals surface area contributed by atoms with Crippen LogP contribution in [0.5, 0.6) is 11.5 Å². The van der Waals surface area contributed by atoms with Crippen molar-refractivity contribution in [2.75, 3.05) is 33.0 Å². The van der Waals surface area contributed by atoms with Crippen LogP contribution < -0.4 is 19.3 Å². The summed E-state index contributed by atoms with van der Waals surface area (Å²) in [5, 5.41) is 12.8. The van der Waals surface area contributed by atoms with E-state index in [2.05, 4.69) is 28.5 Å². The zero-order valence-corrected chi connectivity index (χ0v) is 17.3. The normalized spacial score (nSPS) is 25.4. The quantitative estimate of drug-likeness (QED) is 0.692. The summed E-state index contributed by atoms with van der Waals surface area (Å²) in [6.07, 6.45) is 6.76. The first-order valence-electron chi connectivity index (χ1n) is 11.2. The van der Waals surface area contributed by atoms with Crippen molar-refractivity contribution in [1.29, 1.82) is 0 Å². The molecule has 1 aromatic carbocycles. The van der Waals surface area contributed by atoms with E-state index in [1.165, 1.54) is 51.9 Å². The van der Waals surface area contributed by atoms with Crippen molar-refractivity contribution >= 4 is 0 Å². The molecule has 2 aliphatic heterocycles. The standard InChI is InChI=1S/C21H30N6O2/c1-2-18(26-11-9-25(10-12-26)17-5-3-4-6-17)21-22-23-24-27(21)14-16-7-8-19-20(13-16)29-15-28-19/h7-8,13,17-18H,2-6,9-12,14-15H2,1H3/p+2/t18-/m0/s1. The van der Waals surface area contributed by atoms with Crippen molar-refractivity contribution < 1.29 is 19.3 Å². The molecule has 1 saturated heterocycles. The fourth-order valence-corrected chi connectivity index (χ4v) is 5.42. The Balaban J connectivity index is 1.27. The number of quaternary nitrogens is 2. The number of nitrogens with one attached hydrogen (secondary N) is 2. The molecule has 3 aliphatic rings. The van der Waals surface area contributed by atoms with Crippen LogP contribution in [0.1, 0.15) is 56.5 Å². The third-order valence-corrected chi connectivity index (χ3v) is 7.01. The number of hydrogen-bond donors (Lipinski definition) is 2. The summed E-state index contributed by atoms with van der Waals surface area (Å²) in [5.41, 5.74) is 1.13. The lowest BCUT2D eigenvalue weighted by molar-refractivity contribution is -1.04. The van der Waals surface area contributed by atoms with E-state index in [-0.39, 0.29) is 0 Å². The van der Waals surface area contributed by atoms with E-state index < -0.39 is 0 Å². The largest absolute Gasteiger partial charge is 0.454 e. The van der Waals surface area contributed by atoms with Gasteiger partial charge in [-0.05, 0) is 53.8 Å². The first-order valence-corrected chi connectivity index (χ1v) is 11.2. The molecule has 1 atom stereocenters. The Morgan fingerprint density at radius 2 is 1.90 bits per heavy atom. The zero-order chi connectivity index (χ0) is 19.6. The van der Waals surface area contributed by atoms with Gasteiger partial charge in [0.1, 0.15) is 32.2 Å². The van der Waals surface area contributed by atoms with E-state index in [0.717, 1.165) is 35.3 Å². The van der Waals surface area contributed by atoms with Crippen molar-refractivity contribution in [2.24, 2.45) is 0 Å². The Morgan fingerprint density at radius 1 is 1.10 bits per heavy atom. The molecule has 0 amide bonds.